The second-order valence-electron chi connectivity index (χ2n) is 30.8. The number of unbranched alkanes of at least 4 members (excludes halogenated alkanes) is 52. The molecule has 0 radical (unpaired) electrons. The summed E-state index contributed by atoms with van der Waals surface area (Å²) in [6.07, 6.45) is 65.6. The summed E-state index contributed by atoms with van der Waals surface area (Å²) in [5.74, 6) is -0.668. The van der Waals surface area contributed by atoms with Crippen LogP contribution in [0, 0.1) is 11.8 Å². The quantitative estimate of drug-likeness (QED) is 0.0222. The van der Waals surface area contributed by atoms with Gasteiger partial charge in [-0.25, -0.2) is 9.13 Å². The van der Waals surface area contributed by atoms with Gasteiger partial charge in [0.1, 0.15) is 19.3 Å². The van der Waals surface area contributed by atoms with E-state index in [9.17, 15) is 43.2 Å². The number of rotatable bonds is 82. The zero-order valence-electron chi connectivity index (χ0n) is 66.9. The molecule has 3 N–H and O–H groups in total. The van der Waals surface area contributed by atoms with Crippen molar-refractivity contribution >= 4 is 39.5 Å². The van der Waals surface area contributed by atoms with Gasteiger partial charge in [0.25, 0.3) is 0 Å². The molecule has 102 heavy (non-hydrogen) atoms. The van der Waals surface area contributed by atoms with Crippen molar-refractivity contribution in [3.63, 3.8) is 0 Å². The van der Waals surface area contributed by atoms with E-state index in [4.69, 9.17) is 37.0 Å². The molecule has 0 spiro atoms. The predicted molar refractivity (Wildman–Crippen MR) is 418 cm³/mol. The van der Waals surface area contributed by atoms with Crippen molar-refractivity contribution in [1.29, 1.82) is 0 Å². The number of phosphoric ester groups is 2. The van der Waals surface area contributed by atoms with Gasteiger partial charge in [0.2, 0.25) is 0 Å². The van der Waals surface area contributed by atoms with Crippen LogP contribution in [-0.4, -0.2) is 96.7 Å². The Kier molecular flexibility index (Phi) is 73.1. The third kappa shape index (κ3) is 76.3. The van der Waals surface area contributed by atoms with Crippen LogP contribution in [0.2, 0.25) is 0 Å². The molecule has 0 aliphatic carbocycles. The summed E-state index contributed by atoms with van der Waals surface area (Å²) in [5, 5.41) is 10.6. The molecule has 0 rings (SSSR count). The fourth-order valence-corrected chi connectivity index (χ4v) is 14.5. The van der Waals surface area contributed by atoms with E-state index in [2.05, 4.69) is 41.5 Å². The lowest BCUT2D eigenvalue weighted by Gasteiger charge is -2.21. The van der Waals surface area contributed by atoms with Crippen molar-refractivity contribution < 1.29 is 80.2 Å². The molecule has 0 heterocycles. The third-order valence-corrected chi connectivity index (χ3v) is 21.4. The molecule has 0 aromatic carbocycles. The van der Waals surface area contributed by atoms with Crippen LogP contribution in [0.4, 0.5) is 0 Å². The van der Waals surface area contributed by atoms with E-state index in [0.717, 1.165) is 102 Å². The van der Waals surface area contributed by atoms with Gasteiger partial charge >= 0.3 is 39.5 Å². The number of carbonyl (C=O) groups is 4. The Morgan fingerprint density at radius 1 is 0.265 bits per heavy atom. The molecule has 5 atom stereocenters. The maximum atomic E-state index is 13.1. The first-order valence-corrected chi connectivity index (χ1v) is 46.0. The number of esters is 4. The zero-order chi connectivity index (χ0) is 74.9. The Bertz CT molecular complexity index is 1960. The molecule has 0 aliphatic heterocycles. The van der Waals surface area contributed by atoms with Gasteiger partial charge in [-0.15, -0.1) is 0 Å². The SMILES string of the molecule is CCCCCCCCCCCCCCCCCCCCCCC(=O)OC[C@H](COP(=O)(O)OC[C@@H](O)COP(=O)(O)OC[C@@H](COC(=O)CCCCCCCCCC(C)C)OC(=O)CCCCCCCCCCCC(C)C)OC(=O)CCCCCCCCCCCCCCCCCCCCCC. The lowest BCUT2D eigenvalue weighted by molar-refractivity contribution is -0.161. The monoisotopic (exact) mass is 1490 g/mol. The van der Waals surface area contributed by atoms with E-state index in [0.29, 0.717) is 31.6 Å². The van der Waals surface area contributed by atoms with Gasteiger partial charge < -0.3 is 33.8 Å². The lowest BCUT2D eigenvalue weighted by atomic mass is 10.0. The van der Waals surface area contributed by atoms with Crippen LogP contribution in [0.15, 0.2) is 0 Å². The number of aliphatic hydroxyl groups is 1. The zero-order valence-corrected chi connectivity index (χ0v) is 68.7. The van der Waals surface area contributed by atoms with Gasteiger partial charge in [-0.1, -0.05) is 388 Å². The largest absolute Gasteiger partial charge is 0.472 e. The maximum Gasteiger partial charge on any atom is 0.472 e. The van der Waals surface area contributed by atoms with E-state index in [1.807, 2.05) is 0 Å². The molecule has 0 bridgehead atoms. The summed E-state index contributed by atoms with van der Waals surface area (Å²) in [4.78, 5) is 73.0. The predicted octanol–water partition coefficient (Wildman–Crippen LogP) is 25.1. The molecule has 0 saturated carbocycles. The average Bonchev–Trinajstić information content (AvgIpc) is 0.923. The summed E-state index contributed by atoms with van der Waals surface area (Å²) in [6, 6.07) is 0. The standard InChI is InChI=1S/C83H162O17P2/c1-7-9-11-13-15-17-19-21-23-25-27-29-31-33-35-37-41-47-53-59-65-80(85)93-71-78(99-82(87)67-61-55-48-42-38-36-34-32-30-28-26-24-22-20-18-16-14-12-10-8-2)73-97-101(89,90)95-69-77(84)70-96-102(91,92)98-74-79(72-94-81(86)66-60-54-50-44-46-52-58-64-76(5)6)100-83(88)68-62-56-49-43-39-40-45-51-57-63-75(3)4/h75-79,84H,7-74H2,1-6H3,(H,89,90)(H,91,92)/t77-,78-,79-/m1/s1. The van der Waals surface area contributed by atoms with Crippen LogP contribution in [0.3, 0.4) is 0 Å². The van der Waals surface area contributed by atoms with Gasteiger partial charge in [-0.3, -0.25) is 37.3 Å². The average molecular weight is 1490 g/mol. The molecular formula is C83H162O17P2. The van der Waals surface area contributed by atoms with Gasteiger partial charge in [0.05, 0.1) is 26.4 Å². The van der Waals surface area contributed by atoms with Crippen molar-refractivity contribution in [1.82, 2.24) is 0 Å². The molecule has 0 aromatic heterocycles. The van der Waals surface area contributed by atoms with E-state index < -0.39 is 97.5 Å². The Morgan fingerprint density at radius 3 is 0.667 bits per heavy atom. The van der Waals surface area contributed by atoms with E-state index in [1.54, 1.807) is 0 Å². The minimum absolute atomic E-state index is 0.105. The summed E-state index contributed by atoms with van der Waals surface area (Å²) in [7, 11) is -9.92. The minimum Gasteiger partial charge on any atom is -0.462 e. The van der Waals surface area contributed by atoms with Crippen molar-refractivity contribution in [3.05, 3.63) is 0 Å². The molecular weight excluding hydrogens is 1330 g/mol. The van der Waals surface area contributed by atoms with E-state index >= 15 is 0 Å². The van der Waals surface area contributed by atoms with Crippen molar-refractivity contribution in [2.24, 2.45) is 11.8 Å². The Labute approximate surface area is 626 Å². The molecule has 19 heteroatoms. The van der Waals surface area contributed by atoms with Gasteiger partial charge in [-0.2, -0.15) is 0 Å². The van der Waals surface area contributed by atoms with Crippen molar-refractivity contribution in [2.45, 2.75) is 458 Å². The fourth-order valence-electron chi connectivity index (χ4n) is 12.9. The number of carbonyl (C=O) groups excluding carboxylic acids is 4. The third-order valence-electron chi connectivity index (χ3n) is 19.5. The first-order chi connectivity index (χ1) is 49.4. The Balaban J connectivity index is 5.21. The number of phosphoric acid groups is 2. The fraction of sp³-hybridized carbons (Fsp3) is 0.952. The van der Waals surface area contributed by atoms with Crippen LogP contribution in [0.25, 0.3) is 0 Å². The second-order valence-corrected chi connectivity index (χ2v) is 33.7. The number of hydrogen-bond acceptors (Lipinski definition) is 15. The number of hydrogen-bond donors (Lipinski definition) is 3. The second kappa shape index (κ2) is 74.5. The Morgan fingerprint density at radius 2 is 0.451 bits per heavy atom. The van der Waals surface area contributed by atoms with Crippen molar-refractivity contribution in [3.8, 4) is 0 Å². The molecule has 17 nitrogen and oxygen atoms in total. The highest BCUT2D eigenvalue weighted by Crippen LogP contribution is 2.45. The van der Waals surface area contributed by atoms with Crippen LogP contribution < -0.4 is 0 Å². The van der Waals surface area contributed by atoms with Gasteiger partial charge in [0.15, 0.2) is 12.2 Å². The van der Waals surface area contributed by atoms with Crippen LogP contribution >= 0.6 is 15.6 Å². The molecule has 0 amide bonds. The highest BCUT2D eigenvalue weighted by Gasteiger charge is 2.30. The highest BCUT2D eigenvalue weighted by molar-refractivity contribution is 7.47. The van der Waals surface area contributed by atoms with Gasteiger partial charge in [0, 0.05) is 25.7 Å². The molecule has 0 aromatic rings. The van der Waals surface area contributed by atoms with Crippen LogP contribution in [-0.2, 0) is 65.4 Å². The first kappa shape index (κ1) is 100. The Hall–Kier alpha value is -1.94. The minimum atomic E-state index is -4.96. The maximum absolute atomic E-state index is 13.1. The van der Waals surface area contributed by atoms with Crippen LogP contribution in [0.1, 0.15) is 440 Å². The summed E-state index contributed by atoms with van der Waals surface area (Å²) < 4.78 is 68.7. The van der Waals surface area contributed by atoms with E-state index in [1.165, 1.54) is 250 Å². The smallest absolute Gasteiger partial charge is 0.462 e. The molecule has 0 saturated heterocycles. The topological polar surface area (TPSA) is 237 Å². The molecule has 606 valence electrons. The number of ether oxygens (including phenoxy) is 4. The summed E-state index contributed by atoms with van der Waals surface area (Å²) in [6.45, 7) is 9.56. The normalized spacial score (nSPS) is 13.9. The summed E-state index contributed by atoms with van der Waals surface area (Å²) >= 11 is 0. The van der Waals surface area contributed by atoms with E-state index in [-0.39, 0.29) is 25.7 Å². The van der Waals surface area contributed by atoms with Gasteiger partial charge in [-0.05, 0) is 37.5 Å². The molecule has 0 aliphatic rings. The first-order valence-electron chi connectivity index (χ1n) is 43.0. The highest BCUT2D eigenvalue weighted by atomic mass is 31.2. The van der Waals surface area contributed by atoms with Crippen molar-refractivity contribution in [2.75, 3.05) is 39.6 Å². The lowest BCUT2D eigenvalue weighted by Crippen LogP contribution is -2.30. The summed E-state index contributed by atoms with van der Waals surface area (Å²) in [5.41, 5.74) is 0. The molecule has 2 unspecified atom stereocenters. The van der Waals surface area contributed by atoms with Crippen LogP contribution in [0.5, 0.6) is 0 Å². The molecule has 0 fully saturated rings. The number of aliphatic hydroxyl groups excluding tert-OH is 1.